The maximum absolute atomic E-state index is 14.2. The molecule has 1 N–H and O–H groups in total. The quantitative estimate of drug-likeness (QED) is 0.265. The van der Waals surface area contributed by atoms with Crippen LogP contribution in [0, 0.1) is 12.7 Å². The number of aromatic amines is 1. The topological polar surface area (TPSA) is 63.6 Å². The molecule has 0 saturated carbocycles. The van der Waals surface area contributed by atoms with Crippen molar-refractivity contribution < 1.29 is 9.18 Å². The molecule has 0 atom stereocenters. The highest BCUT2D eigenvalue weighted by atomic mass is 32.2. The minimum atomic E-state index is -0.368. The Morgan fingerprint density at radius 1 is 1.21 bits per heavy atom. The molecule has 0 spiro atoms. The van der Waals surface area contributed by atoms with Crippen LogP contribution in [0.4, 0.5) is 4.39 Å². The van der Waals surface area contributed by atoms with Gasteiger partial charge in [0.15, 0.2) is 16.8 Å². The number of fused-ring (bicyclic) bond motifs is 1. The van der Waals surface area contributed by atoms with Gasteiger partial charge in [0.25, 0.3) is 0 Å². The number of para-hydroxylation sites is 1. The van der Waals surface area contributed by atoms with Gasteiger partial charge >= 0.3 is 0 Å². The van der Waals surface area contributed by atoms with Crippen LogP contribution in [-0.4, -0.2) is 31.3 Å². The maximum Gasteiger partial charge on any atom is 0.192 e. The van der Waals surface area contributed by atoms with Crippen molar-refractivity contribution in [3.63, 3.8) is 0 Å². The molecule has 0 radical (unpaired) electrons. The third-order valence-electron chi connectivity index (χ3n) is 4.65. The lowest BCUT2D eigenvalue weighted by Crippen LogP contribution is -2.06. The first-order valence-corrected chi connectivity index (χ1v) is 10.1. The van der Waals surface area contributed by atoms with E-state index in [1.54, 1.807) is 28.8 Å². The lowest BCUT2D eigenvalue weighted by atomic mass is 10.1. The number of hydrogen-bond acceptors (Lipinski definition) is 4. The Hall–Kier alpha value is -3.19. The number of nitrogens with zero attached hydrogens (tertiary/aromatic N) is 3. The van der Waals surface area contributed by atoms with Crippen LogP contribution in [0.25, 0.3) is 22.3 Å². The van der Waals surface area contributed by atoms with Crippen LogP contribution in [0.15, 0.2) is 66.3 Å². The number of allylic oxidation sites excluding steroid dienone is 1. The van der Waals surface area contributed by atoms with Gasteiger partial charge in [-0.15, -0.1) is 16.8 Å². The molecule has 0 unspecified atom stereocenters. The number of carbonyl (C=O) groups is 1. The second-order valence-electron chi connectivity index (χ2n) is 6.57. The highest BCUT2D eigenvalue weighted by molar-refractivity contribution is 7.99. The zero-order valence-corrected chi connectivity index (χ0v) is 16.7. The average molecular weight is 406 g/mol. The van der Waals surface area contributed by atoms with Crippen molar-refractivity contribution in [3.05, 3.63) is 78.3 Å². The fourth-order valence-corrected chi connectivity index (χ4v) is 4.19. The number of H-pyrrole nitrogens is 1. The Morgan fingerprint density at radius 2 is 1.97 bits per heavy atom. The van der Waals surface area contributed by atoms with Crippen molar-refractivity contribution in [1.82, 2.24) is 19.7 Å². The first-order chi connectivity index (χ1) is 14.1. The second kappa shape index (κ2) is 8.05. The number of aromatic nitrogens is 4. The predicted molar refractivity (Wildman–Crippen MR) is 114 cm³/mol. The third-order valence-corrected chi connectivity index (χ3v) is 5.61. The lowest BCUT2D eigenvalue weighted by Gasteiger charge is -2.08. The van der Waals surface area contributed by atoms with Crippen molar-refractivity contribution in [1.29, 1.82) is 0 Å². The van der Waals surface area contributed by atoms with Gasteiger partial charge in [-0.05, 0) is 25.1 Å². The van der Waals surface area contributed by atoms with E-state index >= 15 is 0 Å². The second-order valence-corrected chi connectivity index (χ2v) is 7.51. The van der Waals surface area contributed by atoms with Gasteiger partial charge in [-0.1, -0.05) is 48.2 Å². The molecule has 5 nitrogen and oxygen atoms in total. The summed E-state index contributed by atoms with van der Waals surface area (Å²) in [5.74, 6) is 0.258. The highest BCUT2D eigenvalue weighted by Crippen LogP contribution is 2.28. The number of nitrogens with one attached hydrogen (secondary N) is 1. The minimum Gasteiger partial charge on any atom is -0.358 e. The Bertz CT molecular complexity index is 1210. The summed E-state index contributed by atoms with van der Waals surface area (Å²) >= 11 is 1.29. The van der Waals surface area contributed by atoms with E-state index in [0.29, 0.717) is 28.7 Å². The van der Waals surface area contributed by atoms with Gasteiger partial charge in [-0.2, -0.15) is 0 Å². The molecule has 4 rings (SSSR count). The summed E-state index contributed by atoms with van der Waals surface area (Å²) in [6, 6.07) is 14.2. The van der Waals surface area contributed by atoms with E-state index in [4.69, 9.17) is 0 Å². The molecule has 2 heterocycles. The molecular weight excluding hydrogens is 387 g/mol. The number of thioether (sulfide) groups is 1. The normalized spacial score (nSPS) is 11.1. The van der Waals surface area contributed by atoms with Crippen LogP contribution in [-0.2, 0) is 6.54 Å². The van der Waals surface area contributed by atoms with Gasteiger partial charge in [0.1, 0.15) is 5.82 Å². The number of benzene rings is 2. The number of halogens is 1. The van der Waals surface area contributed by atoms with E-state index in [-0.39, 0.29) is 17.4 Å². The van der Waals surface area contributed by atoms with E-state index in [1.165, 1.54) is 17.8 Å². The number of rotatable bonds is 7. The van der Waals surface area contributed by atoms with Crippen molar-refractivity contribution in [3.8, 4) is 11.4 Å². The van der Waals surface area contributed by atoms with Gasteiger partial charge in [-0.25, -0.2) is 4.39 Å². The van der Waals surface area contributed by atoms with Crippen LogP contribution in [0.1, 0.15) is 16.1 Å². The smallest absolute Gasteiger partial charge is 0.192 e. The monoisotopic (exact) mass is 406 g/mol. The van der Waals surface area contributed by atoms with Gasteiger partial charge in [0.05, 0.1) is 11.3 Å². The van der Waals surface area contributed by atoms with Gasteiger partial charge < -0.3 is 4.98 Å². The van der Waals surface area contributed by atoms with Gasteiger partial charge in [-0.3, -0.25) is 9.36 Å². The molecule has 146 valence electrons. The molecule has 0 amide bonds. The molecule has 29 heavy (non-hydrogen) atoms. The van der Waals surface area contributed by atoms with E-state index in [2.05, 4.69) is 21.8 Å². The number of ketones is 1. The summed E-state index contributed by atoms with van der Waals surface area (Å²) in [5.41, 5.74) is 2.84. The van der Waals surface area contributed by atoms with Crippen LogP contribution in [0.2, 0.25) is 0 Å². The molecule has 2 aromatic heterocycles. The molecule has 4 aromatic rings. The van der Waals surface area contributed by atoms with Crippen molar-refractivity contribution in [2.24, 2.45) is 0 Å². The van der Waals surface area contributed by atoms with Crippen molar-refractivity contribution in [2.45, 2.75) is 18.6 Å². The molecule has 7 heteroatoms. The number of Topliss-reactive ketones (excluding diaryl/α,β-unsaturated/α-hetero) is 1. The Morgan fingerprint density at radius 3 is 2.76 bits per heavy atom. The Kier molecular flexibility index (Phi) is 5.31. The zero-order chi connectivity index (χ0) is 20.4. The predicted octanol–water partition coefficient (Wildman–Crippen LogP) is 5.03. The largest absolute Gasteiger partial charge is 0.358 e. The average Bonchev–Trinajstić information content (AvgIpc) is 3.27. The standard InChI is InChI=1S/C22H19FN4OS/c1-3-12-27-21(15-8-4-6-10-17(15)23)25-26-22(27)29-13-19(28)20-14(2)24-18-11-7-5-9-16(18)20/h3-11,24H,1,12-13H2,2H3. The highest BCUT2D eigenvalue weighted by Gasteiger charge is 2.20. The van der Waals surface area contributed by atoms with Gasteiger partial charge in [0, 0.05) is 28.7 Å². The van der Waals surface area contributed by atoms with E-state index in [0.717, 1.165) is 16.6 Å². The van der Waals surface area contributed by atoms with Crippen LogP contribution in [0.3, 0.4) is 0 Å². The zero-order valence-electron chi connectivity index (χ0n) is 15.9. The summed E-state index contributed by atoms with van der Waals surface area (Å²) in [4.78, 5) is 16.2. The fraction of sp³-hybridized carbons (Fsp3) is 0.136. The van der Waals surface area contributed by atoms with E-state index in [9.17, 15) is 9.18 Å². The Balaban J connectivity index is 1.61. The van der Waals surface area contributed by atoms with Crippen LogP contribution >= 0.6 is 11.8 Å². The summed E-state index contributed by atoms with van der Waals surface area (Å²) in [5, 5.41) is 9.81. The van der Waals surface area contributed by atoms with E-state index < -0.39 is 0 Å². The third kappa shape index (κ3) is 3.61. The Labute approximate surface area is 171 Å². The molecule has 0 aliphatic carbocycles. The SMILES string of the molecule is C=CCn1c(SCC(=O)c2c(C)[nH]c3ccccc23)nnc1-c1ccccc1F. The lowest BCUT2D eigenvalue weighted by molar-refractivity contribution is 0.102. The fourth-order valence-electron chi connectivity index (χ4n) is 3.37. The number of carbonyl (C=O) groups excluding carboxylic acids is 1. The van der Waals surface area contributed by atoms with Crippen LogP contribution in [0.5, 0.6) is 0 Å². The molecule has 0 aliphatic rings. The van der Waals surface area contributed by atoms with Crippen LogP contribution < -0.4 is 0 Å². The summed E-state index contributed by atoms with van der Waals surface area (Å²) in [7, 11) is 0. The molecule has 0 fully saturated rings. The minimum absolute atomic E-state index is 0.00513. The van der Waals surface area contributed by atoms with E-state index in [1.807, 2.05) is 31.2 Å². The van der Waals surface area contributed by atoms with Gasteiger partial charge in [0.2, 0.25) is 0 Å². The number of aryl methyl sites for hydroxylation is 1. The molecular formula is C22H19FN4OS. The maximum atomic E-state index is 14.2. The molecule has 0 bridgehead atoms. The van der Waals surface area contributed by atoms with Crippen molar-refractivity contribution in [2.75, 3.05) is 5.75 Å². The summed E-state index contributed by atoms with van der Waals surface area (Å²) in [6.07, 6.45) is 1.70. The first-order valence-electron chi connectivity index (χ1n) is 9.12. The van der Waals surface area contributed by atoms with Crippen molar-refractivity contribution >= 4 is 28.4 Å². The number of hydrogen-bond donors (Lipinski definition) is 1. The molecule has 0 aliphatic heterocycles. The molecule has 2 aromatic carbocycles. The molecule has 0 saturated heterocycles. The first kappa shape index (κ1) is 19.1. The summed E-state index contributed by atoms with van der Waals surface area (Å²) < 4.78 is 16.0. The summed E-state index contributed by atoms with van der Waals surface area (Å²) in [6.45, 7) is 6.08.